The van der Waals surface area contributed by atoms with Gasteiger partial charge in [0.1, 0.15) is 12.1 Å². The molecule has 2 aromatic heterocycles. The number of aromatic nitrogens is 4. The molecule has 80 valence electrons. The molecule has 1 aliphatic heterocycles. The highest BCUT2D eigenvalue weighted by Crippen LogP contribution is 2.23. The number of ketones is 1. The molecule has 1 saturated heterocycles. The molecule has 0 atom stereocenters. The maximum Gasteiger partial charge on any atom is 0.236 e. The zero-order chi connectivity index (χ0) is 11.1. The summed E-state index contributed by atoms with van der Waals surface area (Å²) in [5.74, 6) is 0.112. The van der Waals surface area contributed by atoms with Crippen molar-refractivity contribution in [2.45, 2.75) is 6.42 Å². The molecule has 16 heavy (non-hydrogen) atoms. The first-order valence-electron chi connectivity index (χ1n) is 4.72. The zero-order valence-corrected chi connectivity index (χ0v) is 8.17. The van der Waals surface area contributed by atoms with Gasteiger partial charge in [-0.25, -0.2) is 9.97 Å². The van der Waals surface area contributed by atoms with Crippen molar-refractivity contribution in [1.29, 1.82) is 0 Å². The summed E-state index contributed by atoms with van der Waals surface area (Å²) in [7, 11) is 0. The van der Waals surface area contributed by atoms with Crippen LogP contribution in [0.2, 0.25) is 0 Å². The smallest absolute Gasteiger partial charge is 0.236 e. The van der Waals surface area contributed by atoms with Gasteiger partial charge in [-0.3, -0.25) is 19.6 Å². The molecule has 3 rings (SSSR count). The topological polar surface area (TPSA) is 91.8 Å². The Kier molecular flexibility index (Phi) is 1.73. The number of nitrogens with one attached hydrogen (secondary N) is 1. The first-order chi connectivity index (χ1) is 7.75. The van der Waals surface area contributed by atoms with E-state index in [-0.39, 0.29) is 24.7 Å². The molecule has 0 spiro atoms. The number of hydrogen-bond acceptors (Lipinski definition) is 5. The third kappa shape index (κ3) is 1.18. The van der Waals surface area contributed by atoms with Crippen LogP contribution in [0.15, 0.2) is 12.5 Å². The van der Waals surface area contributed by atoms with Gasteiger partial charge in [-0.15, -0.1) is 0 Å². The van der Waals surface area contributed by atoms with Crippen molar-refractivity contribution in [2.75, 3.05) is 11.4 Å². The van der Waals surface area contributed by atoms with Crippen LogP contribution in [-0.2, 0) is 9.59 Å². The minimum atomic E-state index is -0.230. The second kappa shape index (κ2) is 3.09. The summed E-state index contributed by atoms with van der Waals surface area (Å²) in [5.41, 5.74) is 0.553. The molecule has 0 aromatic carbocycles. The second-order valence-electron chi connectivity index (χ2n) is 3.52. The van der Waals surface area contributed by atoms with Crippen molar-refractivity contribution in [3.63, 3.8) is 0 Å². The third-order valence-electron chi connectivity index (χ3n) is 2.47. The fourth-order valence-electron chi connectivity index (χ4n) is 1.74. The maximum absolute atomic E-state index is 11.6. The Bertz CT molecular complexity index is 590. The molecule has 7 nitrogen and oxygen atoms in total. The van der Waals surface area contributed by atoms with Gasteiger partial charge in [0.2, 0.25) is 5.91 Å². The predicted octanol–water partition coefficient (Wildman–Crippen LogP) is -0.341. The fourth-order valence-corrected chi connectivity index (χ4v) is 1.74. The number of amides is 1. The average molecular weight is 217 g/mol. The van der Waals surface area contributed by atoms with E-state index in [1.54, 1.807) is 6.20 Å². The summed E-state index contributed by atoms with van der Waals surface area (Å²) in [4.78, 5) is 32.1. The van der Waals surface area contributed by atoms with Gasteiger partial charge in [0, 0.05) is 0 Å². The van der Waals surface area contributed by atoms with Gasteiger partial charge in [-0.2, -0.15) is 5.10 Å². The average Bonchev–Trinajstić information content (AvgIpc) is 2.84. The van der Waals surface area contributed by atoms with E-state index in [0.29, 0.717) is 16.9 Å². The molecule has 1 N–H and O–H groups in total. The Morgan fingerprint density at radius 1 is 1.31 bits per heavy atom. The van der Waals surface area contributed by atoms with Gasteiger partial charge in [0.05, 0.1) is 24.5 Å². The van der Waals surface area contributed by atoms with Crippen LogP contribution in [0.5, 0.6) is 0 Å². The van der Waals surface area contributed by atoms with Crippen molar-refractivity contribution in [2.24, 2.45) is 0 Å². The van der Waals surface area contributed by atoms with E-state index in [4.69, 9.17) is 0 Å². The second-order valence-corrected chi connectivity index (χ2v) is 3.52. The maximum atomic E-state index is 11.6. The Labute approximate surface area is 89.5 Å². The minimum absolute atomic E-state index is 0.0522. The van der Waals surface area contributed by atoms with Gasteiger partial charge in [-0.1, -0.05) is 0 Å². The summed E-state index contributed by atoms with van der Waals surface area (Å²) < 4.78 is 0. The molecular weight excluding hydrogens is 210 g/mol. The lowest BCUT2D eigenvalue weighted by molar-refractivity contribution is -0.121. The van der Waals surface area contributed by atoms with Crippen molar-refractivity contribution in [1.82, 2.24) is 20.2 Å². The van der Waals surface area contributed by atoms with Gasteiger partial charge >= 0.3 is 0 Å². The van der Waals surface area contributed by atoms with Crippen molar-refractivity contribution in [3.8, 4) is 0 Å². The molecule has 7 heteroatoms. The molecule has 2 aromatic rings. The first kappa shape index (κ1) is 8.96. The van der Waals surface area contributed by atoms with Crippen LogP contribution < -0.4 is 4.90 Å². The quantitative estimate of drug-likeness (QED) is 0.659. The van der Waals surface area contributed by atoms with Gasteiger partial charge in [0.15, 0.2) is 11.4 Å². The van der Waals surface area contributed by atoms with Gasteiger partial charge < -0.3 is 0 Å². The van der Waals surface area contributed by atoms with Crippen LogP contribution in [0.4, 0.5) is 5.82 Å². The number of carbonyl (C=O) groups excluding carboxylic acids is 2. The number of aromatic amines is 1. The predicted molar refractivity (Wildman–Crippen MR) is 53.7 cm³/mol. The number of H-pyrrole nitrogens is 1. The lowest BCUT2D eigenvalue weighted by atomic mass is 10.3. The molecule has 0 radical (unpaired) electrons. The van der Waals surface area contributed by atoms with Crippen LogP contribution in [0.25, 0.3) is 11.0 Å². The van der Waals surface area contributed by atoms with E-state index >= 15 is 0 Å². The molecule has 0 saturated carbocycles. The molecule has 0 unspecified atom stereocenters. The van der Waals surface area contributed by atoms with E-state index < -0.39 is 0 Å². The molecule has 3 heterocycles. The van der Waals surface area contributed by atoms with E-state index in [1.807, 2.05) is 0 Å². The number of fused-ring (bicyclic) bond motifs is 1. The van der Waals surface area contributed by atoms with E-state index in [9.17, 15) is 9.59 Å². The lowest BCUT2D eigenvalue weighted by Gasteiger charge is -2.13. The molecule has 1 amide bonds. The SMILES string of the molecule is O=C1CC(=O)N(c2ncnc3[nH]ncc23)C1. The summed E-state index contributed by atoms with van der Waals surface area (Å²) in [5, 5.41) is 7.16. The Morgan fingerprint density at radius 3 is 2.94 bits per heavy atom. The van der Waals surface area contributed by atoms with Crippen LogP contribution in [0.1, 0.15) is 6.42 Å². The number of carbonyl (C=O) groups is 2. The number of hydrogen-bond donors (Lipinski definition) is 1. The highest BCUT2D eigenvalue weighted by Gasteiger charge is 2.30. The Hall–Kier alpha value is -2.31. The van der Waals surface area contributed by atoms with E-state index in [1.165, 1.54) is 11.2 Å². The monoisotopic (exact) mass is 217 g/mol. The zero-order valence-electron chi connectivity index (χ0n) is 8.17. The summed E-state index contributed by atoms with van der Waals surface area (Å²) >= 11 is 0. The van der Waals surface area contributed by atoms with E-state index in [2.05, 4.69) is 20.2 Å². The Morgan fingerprint density at radius 2 is 2.19 bits per heavy atom. The van der Waals surface area contributed by atoms with Crippen molar-refractivity contribution < 1.29 is 9.59 Å². The summed E-state index contributed by atoms with van der Waals surface area (Å²) in [6.07, 6.45) is 2.83. The number of anilines is 1. The van der Waals surface area contributed by atoms with Gasteiger partial charge in [-0.05, 0) is 0 Å². The molecule has 0 aliphatic carbocycles. The number of nitrogens with zero attached hydrogens (tertiary/aromatic N) is 4. The lowest BCUT2D eigenvalue weighted by Crippen LogP contribution is -2.25. The minimum Gasteiger partial charge on any atom is -0.297 e. The molecular formula is C9H7N5O2. The normalized spacial score (nSPS) is 16.4. The largest absolute Gasteiger partial charge is 0.297 e. The standard InChI is InChI=1S/C9H7N5O2/c15-5-1-7(16)14(3-5)9-6-2-12-13-8(6)10-4-11-9/h2,4H,1,3H2,(H,10,11,12,13). The van der Waals surface area contributed by atoms with Crippen molar-refractivity contribution in [3.05, 3.63) is 12.5 Å². The summed E-state index contributed by atoms with van der Waals surface area (Å²) in [6, 6.07) is 0. The van der Waals surface area contributed by atoms with Crippen molar-refractivity contribution >= 4 is 28.5 Å². The van der Waals surface area contributed by atoms with Crippen LogP contribution in [-0.4, -0.2) is 38.4 Å². The number of Topliss-reactive ketones (excluding diaryl/α,β-unsaturated/α-hetero) is 1. The molecule has 1 aliphatic rings. The van der Waals surface area contributed by atoms with Crippen LogP contribution in [0.3, 0.4) is 0 Å². The van der Waals surface area contributed by atoms with Crippen LogP contribution >= 0.6 is 0 Å². The van der Waals surface area contributed by atoms with E-state index in [0.717, 1.165) is 0 Å². The van der Waals surface area contributed by atoms with Gasteiger partial charge in [0.25, 0.3) is 0 Å². The molecule has 0 bridgehead atoms. The highest BCUT2D eigenvalue weighted by atomic mass is 16.2. The van der Waals surface area contributed by atoms with Crippen LogP contribution in [0, 0.1) is 0 Å². The molecule has 1 fully saturated rings. The number of rotatable bonds is 1. The Balaban J connectivity index is 2.15. The third-order valence-corrected chi connectivity index (χ3v) is 2.47. The first-order valence-corrected chi connectivity index (χ1v) is 4.72. The highest BCUT2D eigenvalue weighted by molar-refractivity contribution is 6.16. The summed E-state index contributed by atoms with van der Waals surface area (Å²) in [6.45, 7) is 0.0795. The fraction of sp³-hybridized carbons (Fsp3) is 0.222.